The van der Waals surface area contributed by atoms with E-state index in [4.69, 9.17) is 10.1 Å². The molecule has 0 heterocycles. The molecule has 0 aromatic heterocycles. The second-order valence-electron chi connectivity index (χ2n) is 5.55. The molecule has 0 amide bonds. The lowest BCUT2D eigenvalue weighted by Crippen LogP contribution is -2.24. The number of carbonyl (C=O) groups excluding carboxylic acids is 2. The van der Waals surface area contributed by atoms with Crippen molar-refractivity contribution in [2.45, 2.75) is 26.2 Å². The maximum atomic E-state index is 12.6. The summed E-state index contributed by atoms with van der Waals surface area (Å²) >= 11 is 6.46. The monoisotopic (exact) mass is 687 g/mol. The molecule has 0 unspecified atom stereocenters. The Morgan fingerprint density at radius 2 is 1.77 bits per heavy atom. The first kappa shape index (κ1) is 21.7. The Hall–Kier alpha value is -0.560. The summed E-state index contributed by atoms with van der Waals surface area (Å²) in [7, 11) is 0. The number of rotatable bonds is 8. The zero-order valence-corrected chi connectivity index (χ0v) is 20.4. The molecule has 0 saturated carbocycles. The van der Waals surface area contributed by atoms with E-state index in [9.17, 15) is 9.59 Å². The van der Waals surface area contributed by atoms with Crippen LogP contribution in [-0.4, -0.2) is 17.3 Å². The summed E-state index contributed by atoms with van der Waals surface area (Å²) in [6, 6.07) is 10.9. The number of unbranched alkanes of at least 4 members (excludes halogenated alkanes) is 1. The molecule has 2 rings (SSSR count). The van der Waals surface area contributed by atoms with Crippen molar-refractivity contribution in [2.24, 2.45) is 0 Å². The number of ether oxygens (including phenoxy) is 1. The van der Waals surface area contributed by atoms with Crippen LogP contribution in [0.4, 0.5) is 0 Å². The van der Waals surface area contributed by atoms with Gasteiger partial charge in [-0.2, -0.15) is 0 Å². The van der Waals surface area contributed by atoms with Crippen molar-refractivity contribution in [1.82, 2.24) is 0 Å². The second kappa shape index (κ2) is 10.1. The molecule has 0 bridgehead atoms. The Morgan fingerprint density at radius 1 is 1.04 bits per heavy atom. The van der Waals surface area contributed by atoms with Crippen molar-refractivity contribution in [1.29, 1.82) is 5.41 Å². The van der Waals surface area contributed by atoms with Crippen LogP contribution >= 0.6 is 67.8 Å². The molecule has 0 atom stereocenters. The Balaban J connectivity index is 2.25. The standard InChI is InChI=1S/C19H16I3NO3/c1-2-3-4-16(24)18(23)19(25)13-10-12(6-7-14(13)21)26-17-8-5-11(20)9-15(17)22/h5-10,23H,2-4H2,1H3. The number of hydrogen-bond acceptors (Lipinski definition) is 4. The number of halogens is 3. The zero-order chi connectivity index (χ0) is 19.3. The average molecular weight is 687 g/mol. The molecule has 7 heteroatoms. The van der Waals surface area contributed by atoms with Crippen LogP contribution in [0.1, 0.15) is 36.5 Å². The molecule has 0 aliphatic rings. The summed E-state index contributed by atoms with van der Waals surface area (Å²) in [5.41, 5.74) is -0.143. The smallest absolute Gasteiger partial charge is 0.215 e. The molecule has 1 N–H and O–H groups in total. The van der Waals surface area contributed by atoms with Gasteiger partial charge in [0.25, 0.3) is 0 Å². The van der Waals surface area contributed by atoms with Crippen molar-refractivity contribution in [3.63, 3.8) is 0 Å². The summed E-state index contributed by atoms with van der Waals surface area (Å²) in [6.45, 7) is 1.97. The average Bonchev–Trinajstić information content (AvgIpc) is 2.62. The lowest BCUT2D eigenvalue weighted by atomic mass is 10.0. The predicted octanol–water partition coefficient (Wildman–Crippen LogP) is 6.25. The Labute approximate surface area is 193 Å². The van der Waals surface area contributed by atoms with Gasteiger partial charge >= 0.3 is 0 Å². The van der Waals surface area contributed by atoms with Gasteiger partial charge in [0.15, 0.2) is 5.78 Å². The first-order valence-corrected chi connectivity index (χ1v) is 11.2. The highest BCUT2D eigenvalue weighted by molar-refractivity contribution is 14.1. The molecule has 0 fully saturated rings. The number of nitrogens with one attached hydrogen (secondary N) is 1. The highest BCUT2D eigenvalue weighted by Gasteiger charge is 2.22. The fourth-order valence-electron chi connectivity index (χ4n) is 2.15. The number of carbonyl (C=O) groups is 2. The van der Waals surface area contributed by atoms with E-state index in [1.807, 2.05) is 47.7 Å². The lowest BCUT2D eigenvalue weighted by Gasteiger charge is -2.11. The van der Waals surface area contributed by atoms with Gasteiger partial charge < -0.3 is 4.74 Å². The van der Waals surface area contributed by atoms with Crippen LogP contribution in [0.2, 0.25) is 0 Å². The SMILES string of the molecule is CCCCC(=O)C(=N)C(=O)c1cc(Oc2ccc(I)cc2I)ccc1I. The lowest BCUT2D eigenvalue weighted by molar-refractivity contribution is -0.113. The van der Waals surface area contributed by atoms with Gasteiger partial charge in [-0.15, -0.1) is 0 Å². The van der Waals surface area contributed by atoms with Crippen molar-refractivity contribution < 1.29 is 14.3 Å². The largest absolute Gasteiger partial charge is 0.456 e. The number of hydrogen-bond donors (Lipinski definition) is 1. The summed E-state index contributed by atoms with van der Waals surface area (Å²) in [5, 5.41) is 7.92. The Morgan fingerprint density at radius 3 is 2.42 bits per heavy atom. The van der Waals surface area contributed by atoms with Gasteiger partial charge in [-0.1, -0.05) is 13.3 Å². The van der Waals surface area contributed by atoms with Gasteiger partial charge in [-0.25, -0.2) is 0 Å². The van der Waals surface area contributed by atoms with Gasteiger partial charge in [-0.3, -0.25) is 15.0 Å². The first-order chi connectivity index (χ1) is 12.3. The summed E-state index contributed by atoms with van der Waals surface area (Å²) in [4.78, 5) is 24.6. The van der Waals surface area contributed by atoms with Crippen LogP contribution in [0.15, 0.2) is 36.4 Å². The van der Waals surface area contributed by atoms with E-state index < -0.39 is 17.3 Å². The third kappa shape index (κ3) is 5.72. The zero-order valence-electron chi connectivity index (χ0n) is 13.9. The molecule has 0 spiro atoms. The number of benzene rings is 2. The molecule has 2 aromatic carbocycles. The van der Waals surface area contributed by atoms with Gasteiger partial charge in [-0.05, 0) is 111 Å². The normalized spacial score (nSPS) is 10.5. The highest BCUT2D eigenvalue weighted by atomic mass is 127. The van der Waals surface area contributed by atoms with Gasteiger partial charge in [0.2, 0.25) is 5.78 Å². The molecular weight excluding hydrogens is 671 g/mol. The topological polar surface area (TPSA) is 67.2 Å². The Kier molecular flexibility index (Phi) is 8.45. The minimum Gasteiger partial charge on any atom is -0.456 e. The van der Waals surface area contributed by atoms with E-state index in [1.54, 1.807) is 18.2 Å². The van der Waals surface area contributed by atoms with Crippen molar-refractivity contribution in [2.75, 3.05) is 0 Å². The number of ketones is 2. The van der Waals surface area contributed by atoms with Crippen LogP contribution < -0.4 is 4.74 Å². The molecular formula is C19H16I3NO3. The third-order valence-electron chi connectivity index (χ3n) is 3.57. The minimum atomic E-state index is -0.557. The van der Waals surface area contributed by atoms with Crippen LogP contribution in [0.3, 0.4) is 0 Å². The van der Waals surface area contributed by atoms with E-state index >= 15 is 0 Å². The van der Waals surface area contributed by atoms with Crippen molar-refractivity contribution >= 4 is 85.1 Å². The van der Waals surface area contributed by atoms with E-state index in [2.05, 4.69) is 45.2 Å². The maximum Gasteiger partial charge on any atom is 0.215 e. The van der Waals surface area contributed by atoms with Crippen LogP contribution in [0.25, 0.3) is 0 Å². The maximum absolute atomic E-state index is 12.6. The summed E-state index contributed by atoms with van der Waals surface area (Å²) < 4.78 is 8.65. The van der Waals surface area contributed by atoms with E-state index in [0.717, 1.165) is 13.6 Å². The molecule has 4 nitrogen and oxygen atoms in total. The van der Waals surface area contributed by atoms with E-state index in [1.165, 1.54) is 0 Å². The van der Waals surface area contributed by atoms with Crippen LogP contribution in [-0.2, 0) is 4.79 Å². The molecule has 0 aliphatic heterocycles. The fraction of sp³-hybridized carbons (Fsp3) is 0.211. The van der Waals surface area contributed by atoms with Gasteiger partial charge in [0.1, 0.15) is 17.2 Å². The fourth-order valence-corrected chi connectivity index (χ4v) is 4.44. The predicted molar refractivity (Wildman–Crippen MR) is 128 cm³/mol. The van der Waals surface area contributed by atoms with Gasteiger partial charge in [0, 0.05) is 19.1 Å². The van der Waals surface area contributed by atoms with E-state index in [0.29, 0.717) is 27.1 Å². The second-order valence-corrected chi connectivity index (χ2v) is 9.12. The molecule has 0 radical (unpaired) electrons. The molecule has 26 heavy (non-hydrogen) atoms. The molecule has 136 valence electrons. The number of Topliss-reactive ketones (excluding diaryl/α,β-unsaturated/α-hetero) is 2. The summed E-state index contributed by atoms with van der Waals surface area (Å²) in [5.74, 6) is 0.228. The molecule has 0 aliphatic carbocycles. The molecule has 0 saturated heterocycles. The Bertz CT molecular complexity index is 865. The van der Waals surface area contributed by atoms with Crippen molar-refractivity contribution in [3.8, 4) is 11.5 Å². The third-order valence-corrected chi connectivity index (χ3v) is 6.02. The van der Waals surface area contributed by atoms with Crippen molar-refractivity contribution in [3.05, 3.63) is 52.7 Å². The first-order valence-electron chi connectivity index (χ1n) is 7.92. The van der Waals surface area contributed by atoms with E-state index in [-0.39, 0.29) is 6.42 Å². The highest BCUT2D eigenvalue weighted by Crippen LogP contribution is 2.30. The quantitative estimate of drug-likeness (QED) is 0.155. The minimum absolute atomic E-state index is 0.231. The van der Waals surface area contributed by atoms with Crippen LogP contribution in [0.5, 0.6) is 11.5 Å². The van der Waals surface area contributed by atoms with Gasteiger partial charge in [0.05, 0.1) is 3.57 Å². The molecule has 2 aromatic rings. The summed E-state index contributed by atoms with van der Waals surface area (Å²) in [6.07, 6.45) is 1.76. The van der Waals surface area contributed by atoms with Crippen LogP contribution in [0, 0.1) is 16.1 Å².